The number of aryl methyl sites for hydroxylation is 3. The van der Waals surface area contributed by atoms with Crippen molar-refractivity contribution in [1.82, 2.24) is 19.7 Å². The van der Waals surface area contributed by atoms with Crippen molar-refractivity contribution in [2.45, 2.75) is 20.8 Å². The van der Waals surface area contributed by atoms with Gasteiger partial charge in [0, 0.05) is 11.9 Å². The summed E-state index contributed by atoms with van der Waals surface area (Å²) in [5.74, 6) is 6.96. The number of aromatic nitrogens is 4. The summed E-state index contributed by atoms with van der Waals surface area (Å²) in [6, 6.07) is 2.01. The van der Waals surface area contributed by atoms with E-state index in [0.717, 1.165) is 26.5 Å². The molecular formula is C13H16N6OS. The number of hydrogen-bond donors (Lipinski definition) is 2. The zero-order valence-electron chi connectivity index (χ0n) is 12.3. The molecule has 3 rings (SSSR count). The van der Waals surface area contributed by atoms with Crippen LogP contribution in [0.15, 0.2) is 6.07 Å². The molecule has 0 saturated heterocycles. The lowest BCUT2D eigenvalue weighted by atomic mass is 10.3. The van der Waals surface area contributed by atoms with Gasteiger partial charge in [0.05, 0.1) is 11.1 Å². The quantitative estimate of drug-likeness (QED) is 0.570. The highest BCUT2D eigenvalue weighted by molar-refractivity contribution is 7.18. The molecule has 3 N–H and O–H groups in total. The van der Waals surface area contributed by atoms with Crippen molar-refractivity contribution >= 4 is 27.5 Å². The first kappa shape index (κ1) is 13.8. The first-order valence-electron chi connectivity index (χ1n) is 6.42. The highest BCUT2D eigenvalue weighted by Gasteiger charge is 2.17. The third-order valence-electron chi connectivity index (χ3n) is 3.25. The highest BCUT2D eigenvalue weighted by Crippen LogP contribution is 2.35. The van der Waals surface area contributed by atoms with Gasteiger partial charge in [-0.15, -0.1) is 11.3 Å². The Morgan fingerprint density at radius 3 is 2.67 bits per heavy atom. The average Bonchev–Trinajstić information content (AvgIpc) is 2.93. The topological polar surface area (TPSA) is 90.9 Å². The molecule has 110 valence electrons. The molecule has 0 aliphatic carbocycles. The van der Waals surface area contributed by atoms with Gasteiger partial charge in [-0.3, -0.25) is 10.1 Å². The van der Waals surface area contributed by atoms with Crippen LogP contribution in [0.3, 0.4) is 0 Å². The molecule has 0 atom stereocenters. The van der Waals surface area contributed by atoms with Crippen molar-refractivity contribution in [3.8, 4) is 11.6 Å². The Morgan fingerprint density at radius 2 is 2.05 bits per heavy atom. The molecule has 0 saturated carbocycles. The number of fused-ring (bicyclic) bond motifs is 1. The monoisotopic (exact) mass is 304 g/mol. The van der Waals surface area contributed by atoms with Gasteiger partial charge in [0.2, 0.25) is 11.8 Å². The van der Waals surface area contributed by atoms with E-state index < -0.39 is 0 Å². The van der Waals surface area contributed by atoms with Crippen LogP contribution in [0.25, 0.3) is 10.2 Å². The van der Waals surface area contributed by atoms with E-state index in [-0.39, 0.29) is 0 Å². The van der Waals surface area contributed by atoms with Crippen molar-refractivity contribution in [3.05, 3.63) is 22.3 Å². The van der Waals surface area contributed by atoms with Crippen LogP contribution in [0.1, 0.15) is 16.3 Å². The minimum absolute atomic E-state index is 0.332. The maximum Gasteiger partial charge on any atom is 0.241 e. The number of hydrogen-bond acceptors (Lipinski definition) is 7. The van der Waals surface area contributed by atoms with Crippen LogP contribution in [0.4, 0.5) is 5.95 Å². The van der Waals surface area contributed by atoms with E-state index in [0.29, 0.717) is 17.6 Å². The molecule has 3 aromatic heterocycles. The van der Waals surface area contributed by atoms with Crippen molar-refractivity contribution in [2.24, 2.45) is 12.9 Å². The van der Waals surface area contributed by atoms with Crippen LogP contribution in [-0.4, -0.2) is 19.7 Å². The number of anilines is 1. The molecule has 7 nitrogen and oxygen atoms in total. The van der Waals surface area contributed by atoms with Crippen molar-refractivity contribution in [2.75, 3.05) is 5.43 Å². The maximum absolute atomic E-state index is 6.01. The summed E-state index contributed by atoms with van der Waals surface area (Å²) in [4.78, 5) is 10.6. The van der Waals surface area contributed by atoms with Gasteiger partial charge in [0.15, 0.2) is 5.75 Å². The van der Waals surface area contributed by atoms with Crippen LogP contribution in [0.5, 0.6) is 11.6 Å². The van der Waals surface area contributed by atoms with Gasteiger partial charge >= 0.3 is 0 Å². The van der Waals surface area contributed by atoms with E-state index in [4.69, 9.17) is 10.6 Å². The molecule has 0 aliphatic rings. The van der Waals surface area contributed by atoms with Gasteiger partial charge < -0.3 is 4.74 Å². The van der Waals surface area contributed by atoms with E-state index in [9.17, 15) is 0 Å². The Morgan fingerprint density at radius 1 is 1.29 bits per heavy atom. The summed E-state index contributed by atoms with van der Waals surface area (Å²) in [6.45, 7) is 5.88. The lowest BCUT2D eigenvalue weighted by Gasteiger charge is -2.07. The molecule has 0 bridgehead atoms. The molecule has 0 amide bonds. The smallest absolute Gasteiger partial charge is 0.241 e. The standard InChI is InChI=1S/C13H16N6OS/c1-6-5-9-11(15-13(17-14)16-12(9)21-6)20-10-7(2)18-19(4)8(10)3/h5H,14H2,1-4H3,(H,15,16,17). The maximum atomic E-state index is 6.01. The van der Waals surface area contributed by atoms with Crippen LogP contribution in [0.2, 0.25) is 0 Å². The van der Waals surface area contributed by atoms with Gasteiger partial charge in [0.1, 0.15) is 10.5 Å². The zero-order chi connectivity index (χ0) is 15.1. The molecular weight excluding hydrogens is 288 g/mol. The minimum atomic E-state index is 0.332. The molecule has 8 heteroatoms. The third-order valence-corrected chi connectivity index (χ3v) is 4.20. The zero-order valence-corrected chi connectivity index (χ0v) is 13.1. The molecule has 0 spiro atoms. The number of nitrogens with one attached hydrogen (secondary N) is 1. The second kappa shape index (κ2) is 4.97. The molecule has 21 heavy (non-hydrogen) atoms. The second-order valence-corrected chi connectivity index (χ2v) is 6.03. The largest absolute Gasteiger partial charge is 0.434 e. The van der Waals surface area contributed by atoms with Crippen molar-refractivity contribution in [1.29, 1.82) is 0 Å². The number of thiophene rings is 1. The highest BCUT2D eigenvalue weighted by atomic mass is 32.1. The van der Waals surface area contributed by atoms with Crippen LogP contribution < -0.4 is 16.0 Å². The third kappa shape index (κ3) is 2.32. The summed E-state index contributed by atoms with van der Waals surface area (Å²) in [5, 5.41) is 5.22. The Hall–Kier alpha value is -2.19. The van der Waals surface area contributed by atoms with Gasteiger partial charge in [0.25, 0.3) is 0 Å². The van der Waals surface area contributed by atoms with Crippen LogP contribution in [-0.2, 0) is 7.05 Å². The molecule has 3 heterocycles. The molecule has 0 radical (unpaired) electrons. The number of ether oxygens (including phenoxy) is 1. The van der Waals surface area contributed by atoms with Gasteiger partial charge in [-0.2, -0.15) is 10.1 Å². The van der Waals surface area contributed by atoms with E-state index in [1.165, 1.54) is 0 Å². The predicted octanol–water partition coefficient (Wildman–Crippen LogP) is 2.43. The first-order chi connectivity index (χ1) is 9.99. The Bertz CT molecular complexity index is 822. The summed E-state index contributed by atoms with van der Waals surface area (Å²) < 4.78 is 7.79. The summed E-state index contributed by atoms with van der Waals surface area (Å²) in [5.41, 5.74) is 4.23. The Kier molecular flexibility index (Phi) is 3.26. The summed E-state index contributed by atoms with van der Waals surface area (Å²) >= 11 is 1.57. The lowest BCUT2D eigenvalue weighted by Crippen LogP contribution is -2.10. The van der Waals surface area contributed by atoms with E-state index >= 15 is 0 Å². The SMILES string of the molecule is Cc1cc2c(Oc3c(C)nn(C)c3C)nc(NN)nc2s1. The average molecular weight is 304 g/mol. The lowest BCUT2D eigenvalue weighted by molar-refractivity contribution is 0.461. The summed E-state index contributed by atoms with van der Waals surface area (Å²) in [7, 11) is 1.88. The van der Waals surface area contributed by atoms with Crippen molar-refractivity contribution in [3.63, 3.8) is 0 Å². The fourth-order valence-electron chi connectivity index (χ4n) is 2.16. The summed E-state index contributed by atoms with van der Waals surface area (Å²) in [6.07, 6.45) is 0. The van der Waals surface area contributed by atoms with Gasteiger partial charge in [-0.1, -0.05) is 0 Å². The number of nitrogens with two attached hydrogens (primary N) is 1. The van der Waals surface area contributed by atoms with Gasteiger partial charge in [-0.05, 0) is 26.8 Å². The number of nitrogen functional groups attached to an aromatic ring is 1. The molecule has 3 aromatic rings. The van der Waals surface area contributed by atoms with Gasteiger partial charge in [-0.25, -0.2) is 10.8 Å². The number of hydrazine groups is 1. The predicted molar refractivity (Wildman–Crippen MR) is 82.7 cm³/mol. The van der Waals surface area contributed by atoms with Crippen LogP contribution in [0, 0.1) is 20.8 Å². The second-order valence-electron chi connectivity index (χ2n) is 4.80. The Balaban J connectivity index is 2.15. The molecule has 0 aromatic carbocycles. The van der Waals surface area contributed by atoms with E-state index in [1.807, 2.05) is 33.9 Å². The number of rotatable bonds is 3. The van der Waals surface area contributed by atoms with Crippen LogP contribution >= 0.6 is 11.3 Å². The number of nitrogens with zero attached hydrogens (tertiary/aromatic N) is 4. The fraction of sp³-hybridized carbons (Fsp3) is 0.308. The Labute approximate surface area is 125 Å². The first-order valence-corrected chi connectivity index (χ1v) is 7.24. The normalized spacial score (nSPS) is 11.1. The molecule has 0 unspecified atom stereocenters. The fourth-order valence-corrected chi connectivity index (χ4v) is 3.03. The minimum Gasteiger partial charge on any atom is -0.434 e. The van der Waals surface area contributed by atoms with Crippen molar-refractivity contribution < 1.29 is 4.74 Å². The van der Waals surface area contributed by atoms with E-state index in [1.54, 1.807) is 16.0 Å². The molecule has 0 aliphatic heterocycles. The molecule has 0 fully saturated rings. The van der Waals surface area contributed by atoms with E-state index in [2.05, 4.69) is 20.5 Å².